The Morgan fingerprint density at radius 2 is 1.65 bits per heavy atom. The predicted molar refractivity (Wildman–Crippen MR) is 83.7 cm³/mol. The lowest BCUT2D eigenvalue weighted by Gasteiger charge is -2.34. The van der Waals surface area contributed by atoms with Crippen LogP contribution in [-0.4, -0.2) is 67.6 Å². The molecular weight excluding hydrogens is 252 g/mol. The highest BCUT2D eigenvalue weighted by molar-refractivity contribution is 5.76. The summed E-state index contributed by atoms with van der Waals surface area (Å²) in [5, 5.41) is 2.94. The number of hydrogen-bond acceptors (Lipinski definition) is 4. The van der Waals surface area contributed by atoms with Crippen LogP contribution in [0.15, 0.2) is 0 Å². The maximum absolute atomic E-state index is 11.6. The molecule has 0 spiro atoms. The number of amides is 1. The van der Waals surface area contributed by atoms with E-state index in [1.807, 2.05) is 13.8 Å². The van der Waals surface area contributed by atoms with E-state index in [4.69, 9.17) is 5.73 Å². The van der Waals surface area contributed by atoms with Gasteiger partial charge in [-0.2, -0.15) is 0 Å². The second kappa shape index (κ2) is 10.1. The molecule has 0 unspecified atom stereocenters. The lowest BCUT2D eigenvalue weighted by atomic mass is 10.2. The van der Waals surface area contributed by atoms with E-state index in [9.17, 15) is 4.79 Å². The van der Waals surface area contributed by atoms with E-state index < -0.39 is 0 Å². The fourth-order valence-electron chi connectivity index (χ4n) is 2.55. The summed E-state index contributed by atoms with van der Waals surface area (Å²) in [6.07, 6.45) is 4.26. The Hall–Kier alpha value is -0.650. The first-order valence-corrected chi connectivity index (χ1v) is 8.06. The third kappa shape index (κ3) is 7.82. The second-order valence-corrected chi connectivity index (χ2v) is 6.00. The van der Waals surface area contributed by atoms with Gasteiger partial charge < -0.3 is 20.9 Å². The van der Waals surface area contributed by atoms with E-state index >= 15 is 0 Å². The van der Waals surface area contributed by atoms with Crippen LogP contribution in [0.1, 0.15) is 39.5 Å². The molecule has 0 aromatic heterocycles. The predicted octanol–water partition coefficient (Wildman–Crippen LogP) is 0.648. The van der Waals surface area contributed by atoms with Crippen molar-refractivity contribution in [1.82, 2.24) is 15.1 Å². The van der Waals surface area contributed by atoms with Gasteiger partial charge in [0.25, 0.3) is 0 Å². The van der Waals surface area contributed by atoms with E-state index in [-0.39, 0.29) is 11.9 Å². The summed E-state index contributed by atoms with van der Waals surface area (Å²) in [5.41, 5.74) is 5.50. The second-order valence-electron chi connectivity index (χ2n) is 6.00. The molecule has 1 heterocycles. The largest absolute Gasteiger partial charge is 0.354 e. The van der Waals surface area contributed by atoms with Gasteiger partial charge in [0, 0.05) is 45.2 Å². The van der Waals surface area contributed by atoms with Crippen LogP contribution in [0.2, 0.25) is 0 Å². The zero-order chi connectivity index (χ0) is 14.8. The molecule has 1 amide bonds. The number of unbranched alkanes of at least 4 members (excludes halogenated alkanes) is 2. The molecule has 1 fully saturated rings. The van der Waals surface area contributed by atoms with Gasteiger partial charge in [0.2, 0.25) is 5.91 Å². The highest BCUT2D eigenvalue weighted by Crippen LogP contribution is 2.05. The third-order valence-corrected chi connectivity index (χ3v) is 3.75. The van der Waals surface area contributed by atoms with E-state index in [1.165, 1.54) is 19.4 Å². The Kier molecular flexibility index (Phi) is 8.82. The zero-order valence-electron chi connectivity index (χ0n) is 13.2. The first kappa shape index (κ1) is 17.4. The quantitative estimate of drug-likeness (QED) is 0.610. The van der Waals surface area contributed by atoms with Crippen LogP contribution in [0, 0.1) is 0 Å². The highest BCUT2D eigenvalue weighted by Gasteiger charge is 2.17. The lowest BCUT2D eigenvalue weighted by molar-refractivity contribution is -0.122. The maximum atomic E-state index is 11.6. The van der Waals surface area contributed by atoms with Gasteiger partial charge >= 0.3 is 0 Å². The minimum atomic E-state index is 0.171. The molecular formula is C15H32N4O. The summed E-state index contributed by atoms with van der Waals surface area (Å²) in [6, 6.07) is 0.243. The van der Waals surface area contributed by atoms with Gasteiger partial charge in [-0.05, 0) is 39.8 Å². The molecule has 118 valence electrons. The molecule has 0 radical (unpaired) electrons. The molecule has 1 aliphatic rings. The van der Waals surface area contributed by atoms with Crippen molar-refractivity contribution < 1.29 is 4.79 Å². The number of nitrogens with one attached hydrogen (secondary N) is 1. The van der Waals surface area contributed by atoms with Gasteiger partial charge in [-0.3, -0.25) is 4.79 Å². The summed E-state index contributed by atoms with van der Waals surface area (Å²) in [4.78, 5) is 16.5. The average molecular weight is 284 g/mol. The highest BCUT2D eigenvalue weighted by atomic mass is 16.1. The normalized spacial score (nSPS) is 17.6. The lowest BCUT2D eigenvalue weighted by Crippen LogP contribution is -2.47. The smallest absolute Gasteiger partial charge is 0.221 e. The average Bonchev–Trinajstić information content (AvgIpc) is 2.42. The fraction of sp³-hybridized carbons (Fsp3) is 0.933. The van der Waals surface area contributed by atoms with E-state index in [0.29, 0.717) is 6.42 Å². The van der Waals surface area contributed by atoms with Crippen LogP contribution < -0.4 is 11.1 Å². The Morgan fingerprint density at radius 1 is 1.05 bits per heavy atom. The van der Waals surface area contributed by atoms with Crippen molar-refractivity contribution in [1.29, 1.82) is 0 Å². The van der Waals surface area contributed by atoms with Crippen LogP contribution in [0.4, 0.5) is 0 Å². The van der Waals surface area contributed by atoms with Gasteiger partial charge in [0.1, 0.15) is 0 Å². The van der Waals surface area contributed by atoms with E-state index in [1.54, 1.807) is 0 Å². The maximum Gasteiger partial charge on any atom is 0.221 e. The number of nitrogens with two attached hydrogens (primary N) is 1. The van der Waals surface area contributed by atoms with Crippen molar-refractivity contribution in [2.24, 2.45) is 5.73 Å². The Morgan fingerprint density at radius 3 is 2.20 bits per heavy atom. The number of piperazine rings is 1. The summed E-state index contributed by atoms with van der Waals surface area (Å²) >= 11 is 0. The molecule has 5 heteroatoms. The summed E-state index contributed by atoms with van der Waals surface area (Å²) in [5.74, 6) is 0.171. The fourth-order valence-corrected chi connectivity index (χ4v) is 2.55. The van der Waals surface area contributed by atoms with Gasteiger partial charge in [0.15, 0.2) is 0 Å². The Balaban J connectivity index is 2.05. The molecule has 0 aromatic rings. The topological polar surface area (TPSA) is 61.6 Å². The Bertz CT molecular complexity index is 263. The van der Waals surface area contributed by atoms with Crippen molar-refractivity contribution in [2.75, 3.05) is 45.8 Å². The van der Waals surface area contributed by atoms with Crippen molar-refractivity contribution in [3.63, 3.8) is 0 Å². The summed E-state index contributed by atoms with van der Waals surface area (Å²) < 4.78 is 0. The number of rotatable bonds is 9. The van der Waals surface area contributed by atoms with Crippen molar-refractivity contribution in [3.05, 3.63) is 0 Å². The molecule has 0 bridgehead atoms. The summed E-state index contributed by atoms with van der Waals surface area (Å²) in [7, 11) is 0. The van der Waals surface area contributed by atoms with Crippen LogP contribution in [0.25, 0.3) is 0 Å². The molecule has 20 heavy (non-hydrogen) atoms. The first-order valence-electron chi connectivity index (χ1n) is 8.06. The van der Waals surface area contributed by atoms with Gasteiger partial charge in [-0.15, -0.1) is 0 Å². The number of carbonyl (C=O) groups is 1. The standard InChI is InChI=1S/C15H32N4O/c1-14(2)17-15(20)6-9-19-12-10-18(11-13-19)8-5-3-4-7-16/h14H,3-13,16H2,1-2H3,(H,17,20). The molecule has 0 aromatic carbocycles. The third-order valence-electron chi connectivity index (χ3n) is 3.75. The van der Waals surface area contributed by atoms with Crippen LogP contribution in [0.3, 0.4) is 0 Å². The number of carbonyl (C=O) groups excluding carboxylic acids is 1. The molecule has 1 saturated heterocycles. The monoisotopic (exact) mass is 284 g/mol. The summed E-state index contributed by atoms with van der Waals surface area (Å²) in [6.45, 7) is 11.3. The zero-order valence-corrected chi connectivity index (χ0v) is 13.2. The molecule has 0 saturated carbocycles. The molecule has 5 nitrogen and oxygen atoms in total. The van der Waals surface area contributed by atoms with Gasteiger partial charge in [-0.25, -0.2) is 0 Å². The van der Waals surface area contributed by atoms with Gasteiger partial charge in [0.05, 0.1) is 0 Å². The molecule has 0 aliphatic carbocycles. The van der Waals surface area contributed by atoms with Crippen LogP contribution in [-0.2, 0) is 4.79 Å². The molecule has 0 atom stereocenters. The minimum absolute atomic E-state index is 0.171. The van der Waals surface area contributed by atoms with E-state index in [2.05, 4.69) is 15.1 Å². The van der Waals surface area contributed by atoms with Crippen LogP contribution in [0.5, 0.6) is 0 Å². The minimum Gasteiger partial charge on any atom is -0.354 e. The van der Waals surface area contributed by atoms with Crippen molar-refractivity contribution in [3.8, 4) is 0 Å². The van der Waals surface area contributed by atoms with Crippen molar-refractivity contribution >= 4 is 5.91 Å². The van der Waals surface area contributed by atoms with Crippen molar-refractivity contribution in [2.45, 2.75) is 45.6 Å². The number of hydrogen-bond donors (Lipinski definition) is 2. The van der Waals surface area contributed by atoms with E-state index in [0.717, 1.165) is 45.7 Å². The first-order chi connectivity index (χ1) is 9.61. The van der Waals surface area contributed by atoms with Crippen LogP contribution >= 0.6 is 0 Å². The molecule has 1 aliphatic heterocycles. The Labute approximate surface area is 123 Å². The van der Waals surface area contributed by atoms with Gasteiger partial charge in [-0.1, -0.05) is 6.42 Å². The number of nitrogens with zero attached hydrogens (tertiary/aromatic N) is 2. The molecule has 3 N–H and O–H groups in total. The molecule has 1 rings (SSSR count). The SMILES string of the molecule is CC(C)NC(=O)CCN1CCN(CCCCCN)CC1.